The van der Waals surface area contributed by atoms with E-state index in [0.717, 1.165) is 30.0 Å². The highest BCUT2D eigenvalue weighted by Gasteiger charge is 2.33. The van der Waals surface area contributed by atoms with E-state index in [1.807, 2.05) is 37.3 Å². The number of carbonyl (C=O) groups is 1. The number of nitrogens with one attached hydrogen (secondary N) is 1. The summed E-state index contributed by atoms with van der Waals surface area (Å²) in [7, 11) is 0. The second kappa shape index (κ2) is 10.3. The summed E-state index contributed by atoms with van der Waals surface area (Å²) in [6, 6.07) is 9.66. The van der Waals surface area contributed by atoms with Crippen molar-refractivity contribution in [3.63, 3.8) is 0 Å². The lowest BCUT2D eigenvalue weighted by atomic mass is 9.73. The number of aromatic nitrogens is 1. The number of amides is 1. The number of carbonyl (C=O) groups excluding carboxylic acids is 1. The normalized spacial score (nSPS) is 17.8. The minimum absolute atomic E-state index is 0.0758. The molecule has 1 aromatic heterocycles. The maximum Gasteiger partial charge on any atom is 0.217 e. The summed E-state index contributed by atoms with van der Waals surface area (Å²) in [4.78, 5) is 10.9. The van der Waals surface area contributed by atoms with Crippen LogP contribution >= 0.6 is 0 Å². The molecule has 0 aliphatic heterocycles. The number of rotatable bonds is 8. The average Bonchev–Trinajstić information content (AvgIpc) is 3.10. The Morgan fingerprint density at radius 1 is 1.22 bits per heavy atom. The molecule has 0 radical (unpaired) electrons. The molecule has 0 saturated heterocycles. The van der Waals surface area contributed by atoms with Gasteiger partial charge in [0.1, 0.15) is 11.5 Å². The summed E-state index contributed by atoms with van der Waals surface area (Å²) in [5.74, 6) is 3.30. The first kappa shape index (κ1) is 20.4. The molecule has 1 fully saturated rings. The molecule has 0 bridgehead atoms. The molecule has 0 spiro atoms. The molecule has 1 saturated carbocycles. The Hall–Kier alpha value is -2.94. The molecule has 144 valence electrons. The molecule has 0 atom stereocenters. The second-order valence-electron chi connectivity index (χ2n) is 6.38. The van der Waals surface area contributed by atoms with Crippen LogP contribution in [-0.2, 0) is 11.3 Å². The fraction of sp³-hybridized carbons (Fsp3) is 0.429. The van der Waals surface area contributed by atoms with Crippen LogP contribution in [0.3, 0.4) is 0 Å². The van der Waals surface area contributed by atoms with Gasteiger partial charge in [0.05, 0.1) is 25.5 Å². The van der Waals surface area contributed by atoms with Gasteiger partial charge < -0.3 is 19.3 Å². The lowest BCUT2D eigenvalue weighted by Crippen LogP contribution is -2.27. The zero-order valence-electron chi connectivity index (χ0n) is 15.8. The Morgan fingerprint density at radius 2 is 1.85 bits per heavy atom. The molecule has 6 heteroatoms. The fourth-order valence-electron chi connectivity index (χ4n) is 2.94. The van der Waals surface area contributed by atoms with Gasteiger partial charge in [0.25, 0.3) is 0 Å². The molecular formula is C21H26N2O4. The van der Waals surface area contributed by atoms with Crippen LogP contribution in [0.15, 0.2) is 34.9 Å². The zero-order chi connectivity index (χ0) is 19.6. The Balaban J connectivity index is 0.00000126. The highest BCUT2D eigenvalue weighted by molar-refractivity contribution is 5.72. The Morgan fingerprint density at radius 3 is 2.44 bits per heavy atom. The van der Waals surface area contributed by atoms with Gasteiger partial charge in [-0.1, -0.05) is 5.16 Å². The Bertz CT molecular complexity index is 730. The van der Waals surface area contributed by atoms with Gasteiger partial charge in [0.15, 0.2) is 5.76 Å². The van der Waals surface area contributed by atoms with Crippen LogP contribution in [0.4, 0.5) is 0 Å². The van der Waals surface area contributed by atoms with E-state index in [9.17, 15) is 4.79 Å². The fourth-order valence-corrected chi connectivity index (χ4v) is 2.94. The van der Waals surface area contributed by atoms with Crippen LogP contribution in [0.2, 0.25) is 0 Å². The van der Waals surface area contributed by atoms with E-state index in [-0.39, 0.29) is 5.91 Å². The third-order valence-electron chi connectivity index (χ3n) is 4.36. The summed E-state index contributed by atoms with van der Waals surface area (Å²) in [6.45, 7) is 5.21. The molecule has 3 rings (SSSR count). The van der Waals surface area contributed by atoms with Crippen LogP contribution in [0, 0.1) is 18.8 Å². The number of hydrogen-bond acceptors (Lipinski definition) is 5. The van der Waals surface area contributed by atoms with Crippen LogP contribution in [0.5, 0.6) is 11.5 Å². The molecule has 1 aliphatic carbocycles. The molecule has 1 heterocycles. The van der Waals surface area contributed by atoms with Crippen molar-refractivity contribution < 1.29 is 18.8 Å². The van der Waals surface area contributed by atoms with Crippen molar-refractivity contribution in [2.45, 2.75) is 39.2 Å². The number of benzene rings is 1. The number of terminal acetylenes is 1. The molecule has 1 amide bonds. The molecule has 1 N–H and O–H groups in total. The van der Waals surface area contributed by atoms with Gasteiger partial charge in [-0.3, -0.25) is 4.79 Å². The topological polar surface area (TPSA) is 73.6 Å². The maximum atomic E-state index is 10.9. The summed E-state index contributed by atoms with van der Waals surface area (Å²) in [5, 5.41) is 6.82. The summed E-state index contributed by atoms with van der Waals surface area (Å²) in [6.07, 6.45) is 10.1. The van der Waals surface area contributed by atoms with Gasteiger partial charge in [-0.25, -0.2) is 0 Å². The molecule has 0 unspecified atom stereocenters. The molecular weight excluding hydrogens is 344 g/mol. The highest BCUT2D eigenvalue weighted by atomic mass is 16.5. The van der Waals surface area contributed by atoms with Gasteiger partial charge >= 0.3 is 0 Å². The summed E-state index contributed by atoms with van der Waals surface area (Å²) in [5.41, 5.74) is 0.970. The molecule has 1 aromatic carbocycles. The smallest absolute Gasteiger partial charge is 0.217 e. The van der Waals surface area contributed by atoms with Crippen LogP contribution < -0.4 is 14.8 Å². The van der Waals surface area contributed by atoms with Crippen molar-refractivity contribution in [1.29, 1.82) is 0 Å². The first-order chi connectivity index (χ1) is 13.1. The van der Waals surface area contributed by atoms with E-state index < -0.39 is 0 Å². The van der Waals surface area contributed by atoms with Crippen molar-refractivity contribution in [2.75, 3.05) is 13.2 Å². The van der Waals surface area contributed by atoms with Crippen molar-refractivity contribution in [3.05, 3.63) is 41.8 Å². The Kier molecular flexibility index (Phi) is 7.75. The monoisotopic (exact) mass is 370 g/mol. The highest BCUT2D eigenvalue weighted by Crippen LogP contribution is 2.41. The first-order valence-electron chi connectivity index (χ1n) is 9.03. The van der Waals surface area contributed by atoms with E-state index >= 15 is 0 Å². The minimum Gasteiger partial charge on any atom is -0.494 e. The number of hydrogen-bond donors (Lipinski definition) is 1. The lowest BCUT2D eigenvalue weighted by molar-refractivity contribution is -0.119. The number of nitrogens with zero attached hydrogens (tertiary/aromatic N) is 1. The van der Waals surface area contributed by atoms with Crippen molar-refractivity contribution in [1.82, 2.24) is 10.5 Å². The average molecular weight is 370 g/mol. The van der Waals surface area contributed by atoms with E-state index in [1.165, 1.54) is 6.92 Å². The predicted octanol–water partition coefficient (Wildman–Crippen LogP) is 3.53. The maximum absolute atomic E-state index is 10.9. The van der Waals surface area contributed by atoms with Crippen LogP contribution in [0.1, 0.15) is 44.1 Å². The van der Waals surface area contributed by atoms with E-state index in [2.05, 4.69) is 23.3 Å². The molecule has 2 aromatic rings. The SMILES string of the molecule is C#C.CCOc1ccc(OCC2CC(c3cc(CNC(C)=O)on3)C2)cc1. The van der Waals surface area contributed by atoms with Crippen LogP contribution in [0.25, 0.3) is 0 Å². The van der Waals surface area contributed by atoms with E-state index in [4.69, 9.17) is 14.0 Å². The zero-order valence-corrected chi connectivity index (χ0v) is 15.8. The quantitative estimate of drug-likeness (QED) is 0.720. The summed E-state index contributed by atoms with van der Waals surface area (Å²) >= 11 is 0. The van der Waals surface area contributed by atoms with Gasteiger partial charge in [-0.15, -0.1) is 12.8 Å². The largest absolute Gasteiger partial charge is 0.494 e. The van der Waals surface area contributed by atoms with Crippen molar-refractivity contribution in [3.8, 4) is 24.3 Å². The van der Waals surface area contributed by atoms with Crippen LogP contribution in [-0.4, -0.2) is 24.3 Å². The van der Waals surface area contributed by atoms with E-state index in [0.29, 0.717) is 37.4 Å². The van der Waals surface area contributed by atoms with E-state index in [1.54, 1.807) is 0 Å². The predicted molar refractivity (Wildman–Crippen MR) is 102 cm³/mol. The number of ether oxygens (including phenoxy) is 2. The standard InChI is InChI=1S/C19H24N2O4.C2H2/c1-3-23-16-4-6-17(7-5-16)24-12-14-8-15(9-14)19-10-18(25-21-19)11-20-13(2)22;1-2/h4-7,10,14-15H,3,8-9,11-12H2,1-2H3,(H,20,22);1-2H. The van der Waals surface area contributed by atoms with Gasteiger partial charge in [-0.2, -0.15) is 0 Å². The summed E-state index contributed by atoms with van der Waals surface area (Å²) < 4.78 is 16.5. The molecule has 6 nitrogen and oxygen atoms in total. The first-order valence-corrected chi connectivity index (χ1v) is 9.03. The Labute approximate surface area is 160 Å². The van der Waals surface area contributed by atoms with Gasteiger partial charge in [0.2, 0.25) is 5.91 Å². The van der Waals surface area contributed by atoms with Crippen molar-refractivity contribution >= 4 is 5.91 Å². The molecule has 27 heavy (non-hydrogen) atoms. The third-order valence-corrected chi connectivity index (χ3v) is 4.36. The lowest BCUT2D eigenvalue weighted by Gasteiger charge is -2.33. The van der Waals surface area contributed by atoms with Crippen molar-refractivity contribution in [2.24, 2.45) is 5.92 Å². The van der Waals surface area contributed by atoms with Gasteiger partial charge in [-0.05, 0) is 49.9 Å². The molecule has 1 aliphatic rings. The third kappa shape index (κ3) is 6.07. The minimum atomic E-state index is -0.0758. The second-order valence-corrected chi connectivity index (χ2v) is 6.38. The van der Waals surface area contributed by atoms with Gasteiger partial charge in [0, 0.05) is 18.9 Å².